The molecule has 0 aliphatic carbocycles. The van der Waals surface area contributed by atoms with Gasteiger partial charge < -0.3 is 10.2 Å². The number of unbranched alkanes of at least 4 members (excludes halogenated alkanes) is 2. The number of para-hydroxylation sites is 1. The Morgan fingerprint density at radius 1 is 1.11 bits per heavy atom. The lowest BCUT2D eigenvalue weighted by Gasteiger charge is -2.26. The summed E-state index contributed by atoms with van der Waals surface area (Å²) >= 11 is 0. The van der Waals surface area contributed by atoms with E-state index in [4.69, 9.17) is 4.74 Å². The van der Waals surface area contributed by atoms with E-state index in [1.165, 1.54) is 36.9 Å². The van der Waals surface area contributed by atoms with Crippen LogP contribution in [0.3, 0.4) is 0 Å². The van der Waals surface area contributed by atoms with Gasteiger partial charge in [0.15, 0.2) is 5.78 Å². The fourth-order valence-electron chi connectivity index (χ4n) is 4.85. The van der Waals surface area contributed by atoms with E-state index in [-0.39, 0.29) is 5.78 Å². The van der Waals surface area contributed by atoms with Gasteiger partial charge in [-0.15, -0.1) is 0 Å². The summed E-state index contributed by atoms with van der Waals surface area (Å²) in [5, 5.41) is 1.11. The van der Waals surface area contributed by atoms with E-state index in [2.05, 4.69) is 60.2 Å². The molecule has 0 radical (unpaired) electrons. The van der Waals surface area contributed by atoms with Crippen molar-refractivity contribution in [2.24, 2.45) is 0 Å². The number of fused-ring (bicyclic) bond motifs is 1. The second-order valence-corrected chi connectivity index (χ2v) is 9.67. The summed E-state index contributed by atoms with van der Waals surface area (Å²) in [5.41, 5.74) is 8.50. The Balaban J connectivity index is 1.69. The zero-order chi connectivity index (χ0) is 24.8. The molecule has 0 saturated carbocycles. The molecule has 0 atom stereocenters. The van der Waals surface area contributed by atoms with Gasteiger partial charge in [-0.05, 0) is 76.1 Å². The molecule has 5 nitrogen and oxygen atoms in total. The van der Waals surface area contributed by atoms with Crippen molar-refractivity contribution in [3.05, 3.63) is 71.4 Å². The molecule has 4 rings (SSSR count). The molecule has 2 heterocycles. The van der Waals surface area contributed by atoms with Crippen molar-refractivity contribution in [3.8, 4) is 5.75 Å². The molecule has 3 aromatic rings. The molecule has 35 heavy (non-hydrogen) atoms. The van der Waals surface area contributed by atoms with Crippen LogP contribution in [-0.4, -0.2) is 47.6 Å². The molecule has 0 unspecified atom stereocenters. The minimum Gasteiger partial charge on any atom is -0.493 e. The third-order valence-electron chi connectivity index (χ3n) is 6.61. The van der Waals surface area contributed by atoms with Crippen molar-refractivity contribution in [1.82, 2.24) is 9.58 Å². The molecule has 5 heteroatoms. The second-order valence-electron chi connectivity index (χ2n) is 9.67. The van der Waals surface area contributed by atoms with Crippen LogP contribution in [0.5, 0.6) is 5.75 Å². The third kappa shape index (κ3) is 5.79. The van der Waals surface area contributed by atoms with E-state index in [1.807, 2.05) is 37.3 Å². The van der Waals surface area contributed by atoms with Crippen LogP contribution in [0, 0.1) is 0 Å². The van der Waals surface area contributed by atoms with Gasteiger partial charge in [0.05, 0.1) is 17.7 Å². The maximum atomic E-state index is 13.5. The van der Waals surface area contributed by atoms with Gasteiger partial charge in [0.2, 0.25) is 0 Å². The molecule has 0 amide bonds. The van der Waals surface area contributed by atoms with Crippen molar-refractivity contribution in [2.75, 3.05) is 31.7 Å². The molecule has 186 valence electrons. The number of hydrogen-bond acceptors (Lipinski definition) is 4. The minimum absolute atomic E-state index is 0.00816. The van der Waals surface area contributed by atoms with Gasteiger partial charge in [0.1, 0.15) is 5.75 Å². The molecule has 0 spiro atoms. The Kier molecular flexibility index (Phi) is 8.29. The Labute approximate surface area is 209 Å². The smallest absolute Gasteiger partial charge is 0.196 e. The van der Waals surface area contributed by atoms with E-state index in [1.54, 1.807) is 0 Å². The van der Waals surface area contributed by atoms with Crippen LogP contribution in [0.2, 0.25) is 0 Å². The summed E-state index contributed by atoms with van der Waals surface area (Å²) in [6.45, 7) is 12.2. The van der Waals surface area contributed by atoms with Gasteiger partial charge in [-0.1, -0.05) is 38.0 Å². The van der Waals surface area contributed by atoms with Crippen LogP contribution in [0.1, 0.15) is 74.9 Å². The highest BCUT2D eigenvalue weighted by Crippen LogP contribution is 2.32. The van der Waals surface area contributed by atoms with Crippen molar-refractivity contribution in [1.29, 1.82) is 0 Å². The lowest BCUT2D eigenvalue weighted by atomic mass is 9.96. The SMILES string of the molecule is CCCCCN1CC=C(c2cn(NC(C)C)c3ccc(C(=O)c4ccccc4OCC)cc23)CC1. The van der Waals surface area contributed by atoms with Crippen molar-refractivity contribution in [2.45, 2.75) is 59.4 Å². The fraction of sp³-hybridized carbons (Fsp3) is 0.433. The zero-order valence-corrected chi connectivity index (χ0v) is 21.6. The predicted molar refractivity (Wildman–Crippen MR) is 146 cm³/mol. The lowest BCUT2D eigenvalue weighted by molar-refractivity contribution is 0.103. The first-order chi connectivity index (χ1) is 17.0. The van der Waals surface area contributed by atoms with E-state index in [0.29, 0.717) is 29.5 Å². The number of ether oxygens (including phenoxy) is 1. The van der Waals surface area contributed by atoms with Gasteiger partial charge in [0, 0.05) is 41.8 Å². The van der Waals surface area contributed by atoms with Crippen LogP contribution in [-0.2, 0) is 0 Å². The summed E-state index contributed by atoms with van der Waals surface area (Å²) in [4.78, 5) is 16.0. The van der Waals surface area contributed by atoms with Crippen LogP contribution in [0.15, 0.2) is 54.7 Å². The Morgan fingerprint density at radius 3 is 2.66 bits per heavy atom. The summed E-state index contributed by atoms with van der Waals surface area (Å²) in [6, 6.07) is 13.9. The molecule has 1 N–H and O–H groups in total. The third-order valence-corrected chi connectivity index (χ3v) is 6.61. The van der Waals surface area contributed by atoms with Gasteiger partial charge in [0.25, 0.3) is 0 Å². The predicted octanol–water partition coefficient (Wildman–Crippen LogP) is 6.50. The van der Waals surface area contributed by atoms with Crippen molar-refractivity contribution in [3.63, 3.8) is 0 Å². The first kappa shape index (κ1) is 25.1. The molecule has 0 fully saturated rings. The average molecular weight is 474 g/mol. The first-order valence-corrected chi connectivity index (χ1v) is 13.1. The normalized spacial score (nSPS) is 14.4. The first-order valence-electron chi connectivity index (χ1n) is 13.1. The van der Waals surface area contributed by atoms with Crippen LogP contribution >= 0.6 is 0 Å². The number of rotatable bonds is 11. The molecule has 0 saturated heterocycles. The number of aromatic nitrogens is 1. The largest absolute Gasteiger partial charge is 0.493 e. The Morgan fingerprint density at radius 2 is 1.94 bits per heavy atom. The van der Waals surface area contributed by atoms with Crippen molar-refractivity contribution < 1.29 is 9.53 Å². The van der Waals surface area contributed by atoms with E-state index in [9.17, 15) is 4.79 Å². The average Bonchev–Trinajstić information content (AvgIpc) is 3.21. The van der Waals surface area contributed by atoms with Crippen LogP contribution < -0.4 is 10.2 Å². The maximum Gasteiger partial charge on any atom is 0.196 e. The lowest BCUT2D eigenvalue weighted by Crippen LogP contribution is -2.29. The molecule has 2 aromatic carbocycles. The number of carbonyl (C=O) groups is 1. The summed E-state index contributed by atoms with van der Waals surface area (Å²) < 4.78 is 7.85. The maximum absolute atomic E-state index is 13.5. The quantitative estimate of drug-likeness (QED) is 0.255. The van der Waals surface area contributed by atoms with Gasteiger partial charge >= 0.3 is 0 Å². The topological polar surface area (TPSA) is 46.5 Å². The molecule has 1 aromatic heterocycles. The number of nitrogens with zero attached hydrogens (tertiary/aromatic N) is 2. The van der Waals surface area contributed by atoms with E-state index < -0.39 is 0 Å². The van der Waals surface area contributed by atoms with Gasteiger partial charge in [-0.25, -0.2) is 0 Å². The van der Waals surface area contributed by atoms with Crippen molar-refractivity contribution >= 4 is 22.3 Å². The van der Waals surface area contributed by atoms with Gasteiger partial charge in [-0.2, -0.15) is 0 Å². The van der Waals surface area contributed by atoms with Gasteiger partial charge in [-0.3, -0.25) is 14.4 Å². The van der Waals surface area contributed by atoms with Crippen LogP contribution in [0.4, 0.5) is 0 Å². The highest BCUT2D eigenvalue weighted by molar-refractivity contribution is 6.12. The molecular formula is C30H39N3O2. The minimum atomic E-state index is -0.00816. The number of ketones is 1. The molecule has 1 aliphatic rings. The number of nitrogens with one attached hydrogen (secondary N) is 1. The number of carbonyl (C=O) groups excluding carboxylic acids is 1. The second kappa shape index (κ2) is 11.6. The Bertz CT molecular complexity index is 1190. The standard InChI is InChI=1S/C30H39N3O2/c1-5-7-10-17-32-18-15-23(16-19-32)27-21-33(31-22(3)4)28-14-13-24(20-26(27)28)30(34)25-11-8-9-12-29(25)35-6-2/h8-9,11-15,20-22,31H,5-7,10,16-19H2,1-4H3. The zero-order valence-electron chi connectivity index (χ0n) is 21.6. The van der Waals surface area contributed by atoms with E-state index >= 15 is 0 Å². The Hall–Kier alpha value is -3.05. The monoisotopic (exact) mass is 473 g/mol. The van der Waals surface area contributed by atoms with Crippen LogP contribution in [0.25, 0.3) is 16.5 Å². The summed E-state index contributed by atoms with van der Waals surface area (Å²) in [7, 11) is 0. The highest BCUT2D eigenvalue weighted by atomic mass is 16.5. The fourth-order valence-corrected chi connectivity index (χ4v) is 4.85. The highest BCUT2D eigenvalue weighted by Gasteiger charge is 2.20. The molecule has 1 aliphatic heterocycles. The summed E-state index contributed by atoms with van der Waals surface area (Å²) in [6.07, 6.45) is 9.43. The number of hydrogen-bond donors (Lipinski definition) is 1. The molecular weight excluding hydrogens is 434 g/mol. The molecule has 0 bridgehead atoms. The number of benzene rings is 2. The van der Waals surface area contributed by atoms with E-state index in [0.717, 1.165) is 30.4 Å². The summed E-state index contributed by atoms with van der Waals surface area (Å²) in [5.74, 6) is 0.628.